The Hall–Kier alpha value is -4.25. The molecule has 4 aromatic carbocycles. The molecular weight excluding hydrogens is 408 g/mol. The third-order valence-corrected chi connectivity index (χ3v) is 5.70. The van der Waals surface area contributed by atoms with E-state index in [0.29, 0.717) is 5.82 Å². The number of hydrogen-bond acceptors (Lipinski definition) is 3. The molecule has 0 spiro atoms. The van der Waals surface area contributed by atoms with Crippen LogP contribution < -0.4 is 5.32 Å². The molecule has 0 bridgehead atoms. The molecule has 1 N–H and O–H groups in total. The van der Waals surface area contributed by atoms with Crippen LogP contribution in [0.1, 0.15) is 27.3 Å². The average molecular weight is 433 g/mol. The van der Waals surface area contributed by atoms with Crippen molar-refractivity contribution in [3.8, 4) is 17.1 Å². The minimum atomic E-state index is -0.344. The Morgan fingerprint density at radius 2 is 1.58 bits per heavy atom. The first-order chi connectivity index (χ1) is 16.0. The van der Waals surface area contributed by atoms with Crippen molar-refractivity contribution in [2.75, 3.05) is 5.32 Å². The van der Waals surface area contributed by atoms with E-state index in [-0.39, 0.29) is 11.7 Å². The Balaban J connectivity index is 1.60. The number of aromatic nitrogens is 3. The van der Waals surface area contributed by atoms with Gasteiger partial charge in [0, 0.05) is 16.6 Å². The van der Waals surface area contributed by atoms with E-state index in [1.807, 2.05) is 86.6 Å². The van der Waals surface area contributed by atoms with Crippen LogP contribution in [0.15, 0.2) is 84.9 Å². The third kappa shape index (κ3) is 4.01. The molecule has 162 valence electrons. The molecule has 5 aromatic rings. The van der Waals surface area contributed by atoms with Gasteiger partial charge in [0.25, 0.3) is 5.91 Å². The monoisotopic (exact) mass is 432 g/mol. The summed E-state index contributed by atoms with van der Waals surface area (Å²) in [5.41, 5.74) is 5.89. The maximum atomic E-state index is 13.2. The fraction of sp³-hybridized carbons (Fsp3) is 0.107. The van der Waals surface area contributed by atoms with Crippen LogP contribution in [0.4, 0.5) is 5.69 Å². The van der Waals surface area contributed by atoms with Gasteiger partial charge < -0.3 is 5.32 Å². The maximum absolute atomic E-state index is 13.2. The van der Waals surface area contributed by atoms with Crippen LogP contribution in [-0.2, 0) is 0 Å². The highest BCUT2D eigenvalue weighted by atomic mass is 16.2. The first kappa shape index (κ1) is 20.6. The van der Waals surface area contributed by atoms with Crippen LogP contribution in [0, 0.1) is 20.8 Å². The molecule has 0 saturated carbocycles. The van der Waals surface area contributed by atoms with Crippen LogP contribution in [-0.4, -0.2) is 20.7 Å². The predicted octanol–water partition coefficient (Wildman–Crippen LogP) is 6.27. The number of nitrogens with zero attached hydrogens (tertiary/aromatic N) is 3. The quantitative estimate of drug-likeness (QED) is 0.364. The fourth-order valence-corrected chi connectivity index (χ4v) is 4.10. The highest BCUT2D eigenvalue weighted by Crippen LogP contribution is 2.26. The van der Waals surface area contributed by atoms with Crippen molar-refractivity contribution < 1.29 is 4.79 Å². The van der Waals surface area contributed by atoms with Crippen LogP contribution in [0.3, 0.4) is 0 Å². The summed E-state index contributed by atoms with van der Waals surface area (Å²) in [5, 5.41) is 9.68. The van der Waals surface area contributed by atoms with Crippen molar-refractivity contribution in [2.24, 2.45) is 0 Å². The van der Waals surface area contributed by atoms with E-state index in [2.05, 4.69) is 34.5 Å². The molecular formula is C28H24N4O. The van der Waals surface area contributed by atoms with Gasteiger partial charge in [-0.25, -0.2) is 9.67 Å². The molecule has 1 heterocycles. The molecule has 5 rings (SSSR count). The SMILES string of the molecule is Cc1cccc(-c2nc(C(=O)Nc3cccc4ccccc34)nn2-c2ccc(C)cc2C)c1. The number of carbonyl (C=O) groups is 1. The summed E-state index contributed by atoms with van der Waals surface area (Å²) in [6.07, 6.45) is 0. The highest BCUT2D eigenvalue weighted by Gasteiger charge is 2.20. The topological polar surface area (TPSA) is 59.8 Å². The van der Waals surface area contributed by atoms with Gasteiger partial charge >= 0.3 is 0 Å². The number of amides is 1. The van der Waals surface area contributed by atoms with Crippen molar-refractivity contribution in [2.45, 2.75) is 20.8 Å². The number of anilines is 1. The predicted molar refractivity (Wildman–Crippen MR) is 133 cm³/mol. The largest absolute Gasteiger partial charge is 0.319 e. The Kier molecular flexibility index (Phi) is 5.23. The fourth-order valence-electron chi connectivity index (χ4n) is 4.10. The Labute approximate surface area is 192 Å². The number of benzene rings is 4. The highest BCUT2D eigenvalue weighted by molar-refractivity contribution is 6.07. The van der Waals surface area contributed by atoms with Gasteiger partial charge in [0.15, 0.2) is 5.82 Å². The molecule has 5 heteroatoms. The van der Waals surface area contributed by atoms with Gasteiger partial charge in [0.1, 0.15) is 0 Å². The summed E-state index contributed by atoms with van der Waals surface area (Å²) in [6, 6.07) is 28.0. The molecule has 5 nitrogen and oxygen atoms in total. The number of nitrogens with one attached hydrogen (secondary N) is 1. The second kappa shape index (κ2) is 8.36. The Morgan fingerprint density at radius 3 is 2.39 bits per heavy atom. The first-order valence-electron chi connectivity index (χ1n) is 10.9. The van der Waals surface area contributed by atoms with Crippen molar-refractivity contribution in [3.63, 3.8) is 0 Å². The molecule has 0 unspecified atom stereocenters. The first-order valence-corrected chi connectivity index (χ1v) is 10.9. The van der Waals surface area contributed by atoms with E-state index in [9.17, 15) is 4.79 Å². The van der Waals surface area contributed by atoms with Gasteiger partial charge in [-0.3, -0.25) is 4.79 Å². The zero-order valence-electron chi connectivity index (χ0n) is 18.8. The van der Waals surface area contributed by atoms with E-state index >= 15 is 0 Å². The maximum Gasteiger partial charge on any atom is 0.295 e. The standard InChI is InChI=1S/C28H24N4O/c1-18-8-6-11-22(17-18)27-30-26(31-32(27)25-15-14-19(2)16-20(25)3)28(33)29-24-13-7-10-21-9-4-5-12-23(21)24/h4-17H,1-3H3,(H,29,33). The van der Waals surface area contributed by atoms with Crippen molar-refractivity contribution in [1.29, 1.82) is 0 Å². The Bertz CT molecular complexity index is 1490. The van der Waals surface area contributed by atoms with E-state index in [1.165, 1.54) is 5.56 Å². The van der Waals surface area contributed by atoms with Crippen molar-refractivity contribution in [1.82, 2.24) is 14.8 Å². The van der Waals surface area contributed by atoms with E-state index < -0.39 is 0 Å². The van der Waals surface area contributed by atoms with Crippen LogP contribution in [0.25, 0.3) is 27.8 Å². The number of hydrogen-bond donors (Lipinski definition) is 1. The van der Waals surface area contributed by atoms with Gasteiger partial charge in [0.05, 0.1) is 5.69 Å². The van der Waals surface area contributed by atoms with Gasteiger partial charge in [-0.05, 0) is 49.9 Å². The molecule has 1 aromatic heterocycles. The summed E-state index contributed by atoms with van der Waals surface area (Å²) in [7, 11) is 0. The van der Waals surface area contributed by atoms with E-state index in [4.69, 9.17) is 0 Å². The van der Waals surface area contributed by atoms with Crippen molar-refractivity contribution in [3.05, 3.63) is 107 Å². The number of fused-ring (bicyclic) bond motifs is 1. The van der Waals surface area contributed by atoms with E-state index in [1.54, 1.807) is 4.68 Å². The summed E-state index contributed by atoms with van der Waals surface area (Å²) >= 11 is 0. The molecule has 0 saturated heterocycles. The lowest BCUT2D eigenvalue weighted by molar-refractivity contribution is 0.101. The van der Waals surface area contributed by atoms with Gasteiger partial charge in [-0.2, -0.15) is 0 Å². The zero-order valence-corrected chi connectivity index (χ0v) is 18.8. The lowest BCUT2D eigenvalue weighted by Crippen LogP contribution is -2.14. The lowest BCUT2D eigenvalue weighted by Gasteiger charge is -2.10. The second-order valence-electron chi connectivity index (χ2n) is 8.31. The van der Waals surface area contributed by atoms with Crippen molar-refractivity contribution >= 4 is 22.4 Å². The summed E-state index contributed by atoms with van der Waals surface area (Å²) in [6.45, 7) is 6.14. The molecule has 0 radical (unpaired) electrons. The van der Waals surface area contributed by atoms with Crippen LogP contribution in [0.5, 0.6) is 0 Å². The zero-order chi connectivity index (χ0) is 22.9. The third-order valence-electron chi connectivity index (χ3n) is 5.70. The summed E-state index contributed by atoms with van der Waals surface area (Å²) in [4.78, 5) is 17.9. The minimum Gasteiger partial charge on any atom is -0.319 e. The van der Waals surface area contributed by atoms with Gasteiger partial charge in [0.2, 0.25) is 5.82 Å². The number of rotatable bonds is 4. The van der Waals surface area contributed by atoms with Gasteiger partial charge in [-0.1, -0.05) is 77.9 Å². The lowest BCUT2D eigenvalue weighted by atomic mass is 10.1. The van der Waals surface area contributed by atoms with Gasteiger partial charge in [-0.15, -0.1) is 5.10 Å². The Morgan fingerprint density at radius 1 is 0.818 bits per heavy atom. The molecule has 1 amide bonds. The van der Waals surface area contributed by atoms with Crippen LogP contribution in [0.2, 0.25) is 0 Å². The summed E-state index contributed by atoms with van der Waals surface area (Å²) in [5.74, 6) is 0.414. The molecule has 0 aliphatic rings. The smallest absolute Gasteiger partial charge is 0.295 e. The van der Waals surface area contributed by atoms with E-state index in [0.717, 1.165) is 38.8 Å². The molecule has 0 atom stereocenters. The number of carbonyl (C=O) groups excluding carboxylic acids is 1. The molecule has 0 aliphatic heterocycles. The summed E-state index contributed by atoms with van der Waals surface area (Å²) < 4.78 is 1.77. The molecule has 0 fully saturated rings. The minimum absolute atomic E-state index is 0.124. The normalized spacial score (nSPS) is 11.0. The van der Waals surface area contributed by atoms with Crippen LogP contribution >= 0.6 is 0 Å². The second-order valence-corrected chi connectivity index (χ2v) is 8.31. The molecule has 0 aliphatic carbocycles. The average Bonchev–Trinajstić information content (AvgIpc) is 3.25. The molecule has 33 heavy (non-hydrogen) atoms. The number of aryl methyl sites for hydroxylation is 3.